The Bertz CT molecular complexity index is 1450. The Kier molecular flexibility index (Phi) is 7.18. The van der Waals surface area contributed by atoms with Gasteiger partial charge in [-0.3, -0.25) is 9.69 Å². The van der Waals surface area contributed by atoms with Gasteiger partial charge in [0.1, 0.15) is 5.65 Å². The molecule has 0 unspecified atom stereocenters. The number of nitrogens with one attached hydrogen (secondary N) is 1. The van der Waals surface area contributed by atoms with E-state index < -0.39 is 0 Å². The number of hydrogen-bond acceptors (Lipinski definition) is 4. The van der Waals surface area contributed by atoms with Crippen LogP contribution in [0.15, 0.2) is 67.4 Å². The summed E-state index contributed by atoms with van der Waals surface area (Å²) in [5.74, 6) is 0.00363. The Morgan fingerprint density at radius 1 is 1.08 bits per heavy atom. The monoisotopic (exact) mass is 512 g/mol. The number of carbonyl (C=O) groups is 1. The van der Waals surface area contributed by atoms with Crippen LogP contribution in [0, 0.1) is 6.92 Å². The van der Waals surface area contributed by atoms with Crippen molar-refractivity contribution >= 4 is 34.1 Å². The normalized spacial score (nSPS) is 14.5. The minimum atomic E-state index is 0.00363. The van der Waals surface area contributed by atoms with E-state index in [4.69, 9.17) is 11.6 Å². The molecule has 1 saturated heterocycles. The van der Waals surface area contributed by atoms with E-state index in [1.807, 2.05) is 13.0 Å². The highest BCUT2D eigenvalue weighted by Gasteiger charge is 2.21. The highest BCUT2D eigenvalue weighted by molar-refractivity contribution is 6.36. The number of nitrogens with zero attached hydrogens (tertiary/aromatic N) is 3. The number of carbonyl (C=O) groups excluding carboxylic acids is 1. The standard InChI is InChI=1S/C31H33ClN4O/c1-5-26(37)19-24-18-23(7-6-21(24)4)28-29-27(32)12-13-33-31(29)34-30(28)22-8-10-25(11-9-22)36-16-14-35(15-17-36)20(2)3/h5-13,18,20H,1,14-17,19H2,2-4H3,(H,33,34). The van der Waals surface area contributed by atoms with Crippen LogP contribution in [0.3, 0.4) is 0 Å². The molecular formula is C31H33ClN4O. The van der Waals surface area contributed by atoms with Gasteiger partial charge in [-0.15, -0.1) is 0 Å². The van der Waals surface area contributed by atoms with Crippen LogP contribution in [0.1, 0.15) is 25.0 Å². The second-order valence-electron chi connectivity index (χ2n) is 10.0. The molecule has 1 N–H and O–H groups in total. The maximum absolute atomic E-state index is 12.1. The number of fused-ring (bicyclic) bond motifs is 1. The molecule has 190 valence electrons. The maximum atomic E-state index is 12.1. The van der Waals surface area contributed by atoms with Crippen LogP contribution in [0.4, 0.5) is 5.69 Å². The van der Waals surface area contributed by atoms with Crippen molar-refractivity contribution < 1.29 is 4.79 Å². The van der Waals surface area contributed by atoms with Crippen LogP contribution in [-0.4, -0.2) is 52.9 Å². The lowest BCUT2D eigenvalue weighted by molar-refractivity contribution is -0.114. The molecule has 37 heavy (non-hydrogen) atoms. The number of ketones is 1. The summed E-state index contributed by atoms with van der Waals surface area (Å²) in [5, 5.41) is 1.53. The molecule has 6 heteroatoms. The molecule has 0 saturated carbocycles. The summed E-state index contributed by atoms with van der Waals surface area (Å²) in [7, 11) is 0. The van der Waals surface area contributed by atoms with Crippen LogP contribution < -0.4 is 4.90 Å². The number of aryl methyl sites for hydroxylation is 1. The number of H-pyrrole nitrogens is 1. The van der Waals surface area contributed by atoms with Crippen LogP contribution in [0.2, 0.25) is 5.02 Å². The van der Waals surface area contributed by atoms with Crippen molar-refractivity contribution in [1.82, 2.24) is 14.9 Å². The molecule has 1 fully saturated rings. The molecule has 0 spiro atoms. The Morgan fingerprint density at radius 3 is 2.46 bits per heavy atom. The first-order valence-corrected chi connectivity index (χ1v) is 13.2. The van der Waals surface area contributed by atoms with Crippen molar-refractivity contribution in [1.29, 1.82) is 0 Å². The van der Waals surface area contributed by atoms with Gasteiger partial charge < -0.3 is 9.88 Å². The van der Waals surface area contributed by atoms with Crippen molar-refractivity contribution in [2.45, 2.75) is 33.2 Å². The molecule has 5 rings (SSSR count). The average molecular weight is 513 g/mol. The van der Waals surface area contributed by atoms with Crippen LogP contribution in [0.25, 0.3) is 33.4 Å². The third kappa shape index (κ3) is 5.07. The molecular weight excluding hydrogens is 480 g/mol. The van der Waals surface area contributed by atoms with Gasteiger partial charge in [0.15, 0.2) is 5.78 Å². The van der Waals surface area contributed by atoms with Crippen molar-refractivity contribution in [3.05, 3.63) is 83.5 Å². The van der Waals surface area contributed by atoms with E-state index in [1.54, 1.807) is 6.20 Å². The number of pyridine rings is 1. The van der Waals surface area contributed by atoms with Crippen LogP contribution >= 0.6 is 11.6 Å². The maximum Gasteiger partial charge on any atom is 0.159 e. The molecule has 1 aliphatic rings. The van der Waals surface area contributed by atoms with Gasteiger partial charge >= 0.3 is 0 Å². The first kappa shape index (κ1) is 25.2. The summed E-state index contributed by atoms with van der Waals surface area (Å²) in [6.07, 6.45) is 3.43. The average Bonchev–Trinajstić information content (AvgIpc) is 3.31. The predicted octanol–water partition coefficient (Wildman–Crippen LogP) is 6.69. The number of anilines is 1. The summed E-state index contributed by atoms with van der Waals surface area (Å²) in [5.41, 5.74) is 8.08. The van der Waals surface area contributed by atoms with Crippen molar-refractivity contribution in [2.24, 2.45) is 0 Å². The number of aromatic amines is 1. The Labute approximate surface area is 223 Å². The zero-order chi connectivity index (χ0) is 26.1. The number of halogens is 1. The van der Waals surface area contributed by atoms with E-state index in [9.17, 15) is 4.79 Å². The Balaban J connectivity index is 1.54. The van der Waals surface area contributed by atoms with Crippen molar-refractivity contribution in [3.63, 3.8) is 0 Å². The van der Waals surface area contributed by atoms with E-state index in [0.717, 1.165) is 70.7 Å². The molecule has 0 radical (unpaired) electrons. The fourth-order valence-electron chi connectivity index (χ4n) is 5.19. The summed E-state index contributed by atoms with van der Waals surface area (Å²) in [6, 6.07) is 17.4. The minimum absolute atomic E-state index is 0.00363. The Hall–Kier alpha value is -3.41. The molecule has 5 nitrogen and oxygen atoms in total. The number of aromatic nitrogens is 2. The van der Waals surface area contributed by atoms with Gasteiger partial charge in [-0.05, 0) is 67.3 Å². The van der Waals surface area contributed by atoms with Gasteiger partial charge in [0.2, 0.25) is 0 Å². The molecule has 2 aromatic carbocycles. The highest BCUT2D eigenvalue weighted by Crippen LogP contribution is 2.41. The van der Waals surface area contributed by atoms with Crippen molar-refractivity contribution in [2.75, 3.05) is 31.1 Å². The second-order valence-corrected chi connectivity index (χ2v) is 10.5. The summed E-state index contributed by atoms with van der Waals surface area (Å²) in [4.78, 5) is 25.2. The number of hydrogen-bond donors (Lipinski definition) is 1. The number of rotatable bonds is 7. The van der Waals surface area contributed by atoms with Crippen LogP contribution in [-0.2, 0) is 11.2 Å². The van der Waals surface area contributed by atoms with Gasteiger partial charge in [0, 0.05) is 61.5 Å². The number of piperazine rings is 1. The summed E-state index contributed by atoms with van der Waals surface area (Å²) < 4.78 is 0. The van der Waals surface area contributed by atoms with Crippen molar-refractivity contribution in [3.8, 4) is 22.4 Å². The highest BCUT2D eigenvalue weighted by atomic mass is 35.5. The lowest BCUT2D eigenvalue weighted by Crippen LogP contribution is -2.48. The van der Waals surface area contributed by atoms with E-state index in [1.165, 1.54) is 11.8 Å². The van der Waals surface area contributed by atoms with E-state index >= 15 is 0 Å². The Morgan fingerprint density at radius 2 is 1.78 bits per heavy atom. The van der Waals surface area contributed by atoms with Gasteiger partial charge in [-0.25, -0.2) is 4.98 Å². The summed E-state index contributed by atoms with van der Waals surface area (Å²) >= 11 is 6.71. The third-order valence-corrected chi connectivity index (χ3v) is 7.75. The molecule has 3 heterocycles. The topological polar surface area (TPSA) is 52.2 Å². The van der Waals surface area contributed by atoms with E-state index in [-0.39, 0.29) is 5.78 Å². The fourth-order valence-corrected chi connectivity index (χ4v) is 5.43. The first-order valence-electron chi connectivity index (χ1n) is 12.9. The third-order valence-electron chi connectivity index (χ3n) is 7.44. The molecule has 0 atom stereocenters. The molecule has 2 aromatic heterocycles. The van der Waals surface area contributed by atoms with Gasteiger partial charge in [0.25, 0.3) is 0 Å². The largest absolute Gasteiger partial charge is 0.369 e. The van der Waals surface area contributed by atoms with Gasteiger partial charge in [-0.2, -0.15) is 0 Å². The number of allylic oxidation sites excluding steroid dienone is 1. The minimum Gasteiger partial charge on any atom is -0.369 e. The predicted molar refractivity (Wildman–Crippen MR) is 155 cm³/mol. The van der Waals surface area contributed by atoms with Gasteiger partial charge in [-0.1, -0.05) is 48.5 Å². The van der Waals surface area contributed by atoms with Gasteiger partial charge in [0.05, 0.1) is 10.7 Å². The van der Waals surface area contributed by atoms with Crippen LogP contribution in [0.5, 0.6) is 0 Å². The summed E-state index contributed by atoms with van der Waals surface area (Å²) in [6.45, 7) is 14.4. The molecule has 4 aromatic rings. The molecule has 0 aliphatic carbocycles. The first-order chi connectivity index (χ1) is 17.9. The van der Waals surface area contributed by atoms with E-state index in [0.29, 0.717) is 17.5 Å². The molecule has 0 amide bonds. The smallest absolute Gasteiger partial charge is 0.159 e. The zero-order valence-corrected chi connectivity index (χ0v) is 22.5. The molecule has 0 bridgehead atoms. The zero-order valence-electron chi connectivity index (χ0n) is 21.7. The van der Waals surface area contributed by atoms with E-state index in [2.05, 4.69) is 82.7 Å². The quantitative estimate of drug-likeness (QED) is 0.280. The lowest BCUT2D eigenvalue weighted by Gasteiger charge is -2.38. The second kappa shape index (κ2) is 10.5. The fraction of sp³-hybridized carbons (Fsp3) is 0.290. The number of benzene rings is 2. The lowest BCUT2D eigenvalue weighted by atomic mass is 9.94. The molecule has 1 aliphatic heterocycles. The SMILES string of the molecule is C=CC(=O)Cc1cc(-c2c(-c3ccc(N4CCN(C(C)C)CC4)cc3)[nH]c3nccc(Cl)c23)ccc1C.